The normalized spacial score (nSPS) is 23.1. The monoisotopic (exact) mass is 262 g/mol. The SMILES string of the molecule is CCC1CCCCC1Nc1ccc(C)cc1[N+](=O)[O-]. The predicted octanol–water partition coefficient (Wildman–Crippen LogP) is 4.28. The second-order valence-corrected chi connectivity index (χ2v) is 5.48. The molecule has 0 aromatic heterocycles. The van der Waals surface area contributed by atoms with Crippen LogP contribution < -0.4 is 5.32 Å². The van der Waals surface area contributed by atoms with Gasteiger partial charge in [0.25, 0.3) is 5.69 Å². The van der Waals surface area contributed by atoms with E-state index in [1.165, 1.54) is 19.3 Å². The van der Waals surface area contributed by atoms with Gasteiger partial charge in [0.1, 0.15) is 5.69 Å². The van der Waals surface area contributed by atoms with Gasteiger partial charge >= 0.3 is 0 Å². The molecule has 1 aromatic rings. The summed E-state index contributed by atoms with van der Waals surface area (Å²) in [5, 5.41) is 14.5. The number of aryl methyl sites for hydroxylation is 1. The highest BCUT2D eigenvalue weighted by molar-refractivity contribution is 5.63. The molecule has 0 saturated heterocycles. The summed E-state index contributed by atoms with van der Waals surface area (Å²) in [5.41, 5.74) is 1.79. The van der Waals surface area contributed by atoms with Gasteiger partial charge in [-0.1, -0.05) is 32.3 Å². The van der Waals surface area contributed by atoms with Gasteiger partial charge in [-0.15, -0.1) is 0 Å². The Balaban J connectivity index is 2.20. The molecule has 19 heavy (non-hydrogen) atoms. The fraction of sp³-hybridized carbons (Fsp3) is 0.600. The van der Waals surface area contributed by atoms with E-state index in [2.05, 4.69) is 12.2 Å². The van der Waals surface area contributed by atoms with Crippen molar-refractivity contribution in [2.24, 2.45) is 5.92 Å². The van der Waals surface area contributed by atoms with E-state index in [9.17, 15) is 10.1 Å². The van der Waals surface area contributed by atoms with Crippen LogP contribution in [0.1, 0.15) is 44.6 Å². The van der Waals surface area contributed by atoms with Crippen LogP contribution in [0.2, 0.25) is 0 Å². The van der Waals surface area contributed by atoms with Gasteiger partial charge in [-0.05, 0) is 37.3 Å². The average molecular weight is 262 g/mol. The average Bonchev–Trinajstić information content (AvgIpc) is 2.41. The predicted molar refractivity (Wildman–Crippen MR) is 77.5 cm³/mol. The number of nitrogens with one attached hydrogen (secondary N) is 1. The lowest BCUT2D eigenvalue weighted by Gasteiger charge is -2.32. The Kier molecular flexibility index (Phi) is 4.40. The molecule has 0 spiro atoms. The van der Waals surface area contributed by atoms with Crippen molar-refractivity contribution in [1.29, 1.82) is 0 Å². The first-order chi connectivity index (χ1) is 9.11. The molecule has 2 rings (SSSR count). The minimum atomic E-state index is -0.293. The van der Waals surface area contributed by atoms with Crippen LogP contribution in [0.3, 0.4) is 0 Å². The van der Waals surface area contributed by atoms with Gasteiger partial charge in [0, 0.05) is 12.1 Å². The zero-order chi connectivity index (χ0) is 13.8. The molecule has 1 aliphatic rings. The van der Waals surface area contributed by atoms with Crippen molar-refractivity contribution in [1.82, 2.24) is 0 Å². The second kappa shape index (κ2) is 6.04. The molecule has 0 amide bonds. The number of rotatable bonds is 4. The highest BCUT2D eigenvalue weighted by Crippen LogP contribution is 2.32. The summed E-state index contributed by atoms with van der Waals surface area (Å²) >= 11 is 0. The zero-order valence-electron chi connectivity index (χ0n) is 11.7. The zero-order valence-corrected chi connectivity index (χ0v) is 11.7. The van der Waals surface area contributed by atoms with E-state index < -0.39 is 0 Å². The van der Waals surface area contributed by atoms with Gasteiger partial charge in [-0.25, -0.2) is 0 Å². The molecular formula is C15H22N2O2. The molecular weight excluding hydrogens is 240 g/mol. The lowest BCUT2D eigenvalue weighted by atomic mass is 9.82. The van der Waals surface area contributed by atoms with E-state index in [1.54, 1.807) is 6.07 Å². The van der Waals surface area contributed by atoms with Crippen LogP contribution in [0.25, 0.3) is 0 Å². The van der Waals surface area contributed by atoms with Crippen LogP contribution in [0.5, 0.6) is 0 Å². The second-order valence-electron chi connectivity index (χ2n) is 5.48. The molecule has 1 aromatic carbocycles. The molecule has 4 nitrogen and oxygen atoms in total. The lowest BCUT2D eigenvalue weighted by Crippen LogP contribution is -2.32. The number of nitro benzene ring substituents is 1. The highest BCUT2D eigenvalue weighted by Gasteiger charge is 2.25. The molecule has 2 atom stereocenters. The molecule has 104 valence electrons. The molecule has 1 saturated carbocycles. The maximum atomic E-state index is 11.1. The molecule has 1 N–H and O–H groups in total. The van der Waals surface area contributed by atoms with Crippen molar-refractivity contribution >= 4 is 11.4 Å². The third kappa shape index (κ3) is 3.25. The first-order valence-electron chi connectivity index (χ1n) is 7.13. The maximum absolute atomic E-state index is 11.1. The minimum absolute atomic E-state index is 0.195. The van der Waals surface area contributed by atoms with E-state index in [0.29, 0.717) is 17.6 Å². The molecule has 0 aliphatic heterocycles. The van der Waals surface area contributed by atoms with E-state index in [0.717, 1.165) is 18.4 Å². The van der Waals surface area contributed by atoms with Gasteiger partial charge in [0.05, 0.1) is 4.92 Å². The van der Waals surface area contributed by atoms with Gasteiger partial charge in [0.15, 0.2) is 0 Å². The summed E-state index contributed by atoms with van der Waals surface area (Å²) in [6.07, 6.45) is 5.98. The number of nitrogens with zero attached hydrogens (tertiary/aromatic N) is 1. The Labute approximate surface area is 114 Å². The first kappa shape index (κ1) is 13.8. The smallest absolute Gasteiger partial charge is 0.292 e. The molecule has 1 aliphatic carbocycles. The summed E-state index contributed by atoms with van der Waals surface area (Å²) in [6.45, 7) is 4.08. The molecule has 4 heteroatoms. The van der Waals surface area contributed by atoms with E-state index >= 15 is 0 Å². The maximum Gasteiger partial charge on any atom is 0.292 e. The summed E-state index contributed by atoms with van der Waals surface area (Å²) in [7, 11) is 0. The Morgan fingerprint density at radius 3 is 2.79 bits per heavy atom. The van der Waals surface area contributed by atoms with Crippen molar-refractivity contribution in [3.05, 3.63) is 33.9 Å². The van der Waals surface area contributed by atoms with Gasteiger partial charge in [-0.3, -0.25) is 10.1 Å². The Bertz CT molecular complexity index is 459. The fourth-order valence-corrected chi connectivity index (χ4v) is 3.00. The van der Waals surface area contributed by atoms with Gasteiger partial charge in [0.2, 0.25) is 0 Å². The van der Waals surface area contributed by atoms with Crippen LogP contribution in [0.4, 0.5) is 11.4 Å². The lowest BCUT2D eigenvalue weighted by molar-refractivity contribution is -0.384. The first-order valence-corrected chi connectivity index (χ1v) is 7.13. The van der Waals surface area contributed by atoms with E-state index in [4.69, 9.17) is 0 Å². The summed E-state index contributed by atoms with van der Waals surface area (Å²) < 4.78 is 0. The molecule has 0 heterocycles. The largest absolute Gasteiger partial charge is 0.376 e. The van der Waals surface area contributed by atoms with Gasteiger partial charge in [-0.2, -0.15) is 0 Å². The topological polar surface area (TPSA) is 55.2 Å². The van der Waals surface area contributed by atoms with Crippen molar-refractivity contribution in [3.63, 3.8) is 0 Å². The number of hydrogen-bond acceptors (Lipinski definition) is 3. The van der Waals surface area contributed by atoms with Crippen molar-refractivity contribution in [2.75, 3.05) is 5.32 Å². The van der Waals surface area contributed by atoms with Crippen LogP contribution >= 0.6 is 0 Å². The van der Waals surface area contributed by atoms with Crippen LogP contribution in [-0.2, 0) is 0 Å². The highest BCUT2D eigenvalue weighted by atomic mass is 16.6. The summed E-state index contributed by atoms with van der Waals surface area (Å²) in [6, 6.07) is 5.79. The van der Waals surface area contributed by atoms with Crippen molar-refractivity contribution < 1.29 is 4.92 Å². The van der Waals surface area contributed by atoms with E-state index in [1.807, 2.05) is 19.1 Å². The molecule has 1 fully saturated rings. The Morgan fingerprint density at radius 2 is 2.11 bits per heavy atom. The summed E-state index contributed by atoms with van der Waals surface area (Å²) in [4.78, 5) is 10.8. The fourth-order valence-electron chi connectivity index (χ4n) is 3.00. The van der Waals surface area contributed by atoms with Gasteiger partial charge < -0.3 is 5.32 Å². The summed E-state index contributed by atoms with van der Waals surface area (Å²) in [5.74, 6) is 0.634. The van der Waals surface area contributed by atoms with Crippen LogP contribution in [0.15, 0.2) is 18.2 Å². The molecule has 0 radical (unpaired) electrons. The third-order valence-corrected chi connectivity index (χ3v) is 4.12. The number of benzene rings is 1. The Morgan fingerprint density at radius 1 is 1.37 bits per heavy atom. The number of hydrogen-bond donors (Lipinski definition) is 1. The third-order valence-electron chi connectivity index (χ3n) is 4.12. The Hall–Kier alpha value is -1.58. The van der Waals surface area contributed by atoms with Crippen LogP contribution in [0, 0.1) is 23.0 Å². The minimum Gasteiger partial charge on any atom is -0.376 e. The van der Waals surface area contributed by atoms with E-state index in [-0.39, 0.29) is 10.6 Å². The van der Waals surface area contributed by atoms with Crippen LogP contribution in [-0.4, -0.2) is 11.0 Å². The molecule has 2 unspecified atom stereocenters. The quantitative estimate of drug-likeness (QED) is 0.650. The molecule has 0 bridgehead atoms. The van der Waals surface area contributed by atoms with Crippen molar-refractivity contribution in [2.45, 2.75) is 52.0 Å². The number of anilines is 1. The van der Waals surface area contributed by atoms with Crippen molar-refractivity contribution in [3.8, 4) is 0 Å². The standard InChI is InChI=1S/C15H22N2O2/c1-3-12-6-4-5-7-13(12)16-14-9-8-11(2)10-15(14)17(18)19/h8-10,12-13,16H,3-7H2,1-2H3. The number of nitro groups is 1.